The highest BCUT2D eigenvalue weighted by Gasteiger charge is 2.09. The molecule has 0 radical (unpaired) electrons. The average Bonchev–Trinajstić information content (AvgIpc) is 2.73. The molecule has 2 N–H and O–H groups in total. The molecule has 0 aliphatic carbocycles. The molecule has 16 heavy (non-hydrogen) atoms. The summed E-state index contributed by atoms with van der Waals surface area (Å²) in [6.07, 6.45) is 9.93. The first-order valence-corrected chi connectivity index (χ1v) is 4.59. The normalized spacial score (nSPS) is 9.94. The van der Waals surface area contributed by atoms with E-state index in [1.807, 2.05) is 0 Å². The molecule has 2 heterocycles. The fourth-order valence-corrected chi connectivity index (χ4v) is 1.43. The van der Waals surface area contributed by atoms with Crippen molar-refractivity contribution in [3.63, 3.8) is 0 Å². The van der Waals surface area contributed by atoms with Gasteiger partial charge in [-0.3, -0.25) is 0 Å². The quantitative estimate of drug-likeness (QED) is 0.752. The molecule has 2 aromatic heterocycles. The molecule has 0 atom stereocenters. The molecule has 0 aliphatic rings. The first kappa shape index (κ1) is 10.1. The monoisotopic (exact) mass is 215 g/mol. The number of carbonyl (C=O) groups is 1. The zero-order chi connectivity index (χ0) is 11.5. The van der Waals surface area contributed by atoms with Crippen LogP contribution in [0.25, 0.3) is 5.65 Å². The number of hydrogen-bond donors (Lipinski definition) is 2. The van der Waals surface area contributed by atoms with Gasteiger partial charge in [-0.1, -0.05) is 5.92 Å². The third-order valence-corrected chi connectivity index (χ3v) is 2.12. The third-order valence-electron chi connectivity index (χ3n) is 2.12. The SMILES string of the molecule is C#CCNc1cc(C(=O)O)cn2ccnc12. The standard InChI is InChI=1S/C11H9N3O2/c1-2-3-12-9-6-8(11(15)16)7-14-5-4-13-10(9)14/h1,4-7,12H,3H2,(H,15,16). The number of carboxylic acid groups (broad SMARTS) is 1. The Kier molecular flexibility index (Phi) is 2.48. The van der Waals surface area contributed by atoms with Gasteiger partial charge in [-0.05, 0) is 6.07 Å². The van der Waals surface area contributed by atoms with E-state index in [1.54, 1.807) is 16.8 Å². The first-order valence-electron chi connectivity index (χ1n) is 4.59. The number of aromatic nitrogens is 2. The molecule has 0 bridgehead atoms. The Hall–Kier alpha value is -2.48. The maximum atomic E-state index is 10.9. The van der Waals surface area contributed by atoms with Gasteiger partial charge < -0.3 is 14.8 Å². The zero-order valence-corrected chi connectivity index (χ0v) is 8.34. The van der Waals surface area contributed by atoms with Crippen LogP contribution < -0.4 is 5.32 Å². The molecule has 0 unspecified atom stereocenters. The van der Waals surface area contributed by atoms with E-state index in [0.29, 0.717) is 17.9 Å². The second kappa shape index (κ2) is 3.95. The summed E-state index contributed by atoms with van der Waals surface area (Å²) in [7, 11) is 0. The van der Waals surface area contributed by atoms with Gasteiger partial charge in [0.15, 0.2) is 5.65 Å². The Morgan fingerprint density at radius 2 is 2.50 bits per heavy atom. The van der Waals surface area contributed by atoms with Gasteiger partial charge >= 0.3 is 5.97 Å². The number of nitrogens with zero attached hydrogens (tertiary/aromatic N) is 2. The molecular formula is C11H9N3O2. The Bertz CT molecular complexity index is 580. The molecule has 2 rings (SSSR count). The number of terminal acetylenes is 1. The summed E-state index contributed by atoms with van der Waals surface area (Å²) < 4.78 is 1.64. The molecular weight excluding hydrogens is 206 g/mol. The van der Waals surface area contributed by atoms with Crippen molar-refractivity contribution in [1.82, 2.24) is 9.38 Å². The highest BCUT2D eigenvalue weighted by atomic mass is 16.4. The van der Waals surface area contributed by atoms with Crippen LogP contribution in [0.5, 0.6) is 0 Å². The van der Waals surface area contributed by atoms with Crippen LogP contribution in [-0.2, 0) is 0 Å². The summed E-state index contributed by atoms with van der Waals surface area (Å²) in [4.78, 5) is 15.0. The molecule has 2 aromatic rings. The Balaban J connectivity index is 2.55. The van der Waals surface area contributed by atoms with E-state index in [2.05, 4.69) is 16.2 Å². The lowest BCUT2D eigenvalue weighted by atomic mass is 10.2. The molecule has 0 aliphatic heterocycles. The Morgan fingerprint density at radius 3 is 3.19 bits per heavy atom. The van der Waals surface area contributed by atoms with Crippen molar-refractivity contribution in [2.24, 2.45) is 0 Å². The lowest BCUT2D eigenvalue weighted by molar-refractivity contribution is 0.0696. The van der Waals surface area contributed by atoms with Crippen molar-refractivity contribution in [2.75, 3.05) is 11.9 Å². The molecule has 80 valence electrons. The van der Waals surface area contributed by atoms with Crippen LogP contribution in [0.4, 0.5) is 5.69 Å². The number of aromatic carboxylic acids is 1. The molecule has 0 spiro atoms. The molecule has 0 amide bonds. The van der Waals surface area contributed by atoms with E-state index in [1.165, 1.54) is 12.3 Å². The van der Waals surface area contributed by atoms with Gasteiger partial charge in [0, 0.05) is 18.6 Å². The second-order valence-corrected chi connectivity index (χ2v) is 3.16. The van der Waals surface area contributed by atoms with Crippen molar-refractivity contribution in [2.45, 2.75) is 0 Å². The van der Waals surface area contributed by atoms with E-state index in [4.69, 9.17) is 11.5 Å². The van der Waals surface area contributed by atoms with Crippen molar-refractivity contribution < 1.29 is 9.90 Å². The predicted molar refractivity (Wildman–Crippen MR) is 59.5 cm³/mol. The number of anilines is 1. The maximum absolute atomic E-state index is 10.9. The molecule has 5 nitrogen and oxygen atoms in total. The number of pyridine rings is 1. The highest BCUT2D eigenvalue weighted by Crippen LogP contribution is 2.17. The maximum Gasteiger partial charge on any atom is 0.337 e. The van der Waals surface area contributed by atoms with E-state index in [9.17, 15) is 4.79 Å². The van der Waals surface area contributed by atoms with Crippen LogP contribution in [0.15, 0.2) is 24.7 Å². The van der Waals surface area contributed by atoms with Crippen LogP contribution in [0.3, 0.4) is 0 Å². The summed E-state index contributed by atoms with van der Waals surface area (Å²) in [5.74, 6) is 1.44. The van der Waals surface area contributed by atoms with Gasteiger partial charge in [-0.2, -0.15) is 0 Å². The number of rotatable bonds is 3. The molecule has 0 fully saturated rings. The van der Waals surface area contributed by atoms with Gasteiger partial charge in [-0.25, -0.2) is 9.78 Å². The van der Waals surface area contributed by atoms with Crippen LogP contribution in [0.1, 0.15) is 10.4 Å². The lowest BCUT2D eigenvalue weighted by Gasteiger charge is -2.06. The summed E-state index contributed by atoms with van der Waals surface area (Å²) in [6.45, 7) is 0.325. The predicted octanol–water partition coefficient (Wildman–Crippen LogP) is 1.08. The van der Waals surface area contributed by atoms with E-state index >= 15 is 0 Å². The minimum absolute atomic E-state index is 0.185. The smallest absolute Gasteiger partial charge is 0.337 e. The topological polar surface area (TPSA) is 66.6 Å². The molecule has 0 saturated carbocycles. The number of imidazole rings is 1. The van der Waals surface area contributed by atoms with E-state index in [0.717, 1.165) is 0 Å². The summed E-state index contributed by atoms with van der Waals surface area (Å²) >= 11 is 0. The fraction of sp³-hybridized carbons (Fsp3) is 0.0909. The van der Waals surface area contributed by atoms with Crippen molar-refractivity contribution in [3.05, 3.63) is 30.2 Å². The molecule has 5 heteroatoms. The Labute approximate surface area is 91.7 Å². The number of fused-ring (bicyclic) bond motifs is 1. The van der Waals surface area contributed by atoms with Crippen LogP contribution >= 0.6 is 0 Å². The zero-order valence-electron chi connectivity index (χ0n) is 8.34. The second-order valence-electron chi connectivity index (χ2n) is 3.16. The Morgan fingerprint density at radius 1 is 1.69 bits per heavy atom. The van der Waals surface area contributed by atoms with E-state index in [-0.39, 0.29) is 5.56 Å². The minimum Gasteiger partial charge on any atom is -0.478 e. The summed E-state index contributed by atoms with van der Waals surface area (Å²) in [5, 5.41) is 11.9. The average molecular weight is 215 g/mol. The van der Waals surface area contributed by atoms with Gasteiger partial charge in [0.1, 0.15) is 0 Å². The van der Waals surface area contributed by atoms with Crippen LogP contribution in [-0.4, -0.2) is 27.0 Å². The van der Waals surface area contributed by atoms with Crippen molar-refractivity contribution in [3.8, 4) is 12.3 Å². The lowest BCUT2D eigenvalue weighted by Crippen LogP contribution is -2.05. The van der Waals surface area contributed by atoms with Gasteiger partial charge in [0.25, 0.3) is 0 Å². The van der Waals surface area contributed by atoms with Crippen LogP contribution in [0.2, 0.25) is 0 Å². The minimum atomic E-state index is -0.987. The highest BCUT2D eigenvalue weighted by molar-refractivity contribution is 5.90. The van der Waals surface area contributed by atoms with Crippen molar-refractivity contribution >= 4 is 17.3 Å². The van der Waals surface area contributed by atoms with Crippen molar-refractivity contribution in [1.29, 1.82) is 0 Å². The third kappa shape index (κ3) is 1.68. The van der Waals surface area contributed by atoms with E-state index < -0.39 is 5.97 Å². The van der Waals surface area contributed by atoms with Crippen LogP contribution in [0, 0.1) is 12.3 Å². The largest absolute Gasteiger partial charge is 0.478 e. The number of carboxylic acids is 1. The van der Waals surface area contributed by atoms with Gasteiger partial charge in [0.05, 0.1) is 17.8 Å². The first-order chi connectivity index (χ1) is 7.72. The number of nitrogens with one attached hydrogen (secondary N) is 1. The van der Waals surface area contributed by atoms with Gasteiger partial charge in [-0.15, -0.1) is 6.42 Å². The number of hydrogen-bond acceptors (Lipinski definition) is 3. The summed E-state index contributed by atoms with van der Waals surface area (Å²) in [5.41, 5.74) is 1.45. The summed E-state index contributed by atoms with van der Waals surface area (Å²) in [6, 6.07) is 1.52. The molecule has 0 saturated heterocycles. The fourth-order valence-electron chi connectivity index (χ4n) is 1.43. The van der Waals surface area contributed by atoms with Gasteiger partial charge in [0.2, 0.25) is 0 Å². The molecule has 0 aromatic carbocycles.